The lowest BCUT2D eigenvalue weighted by Crippen LogP contribution is -2.62. The summed E-state index contributed by atoms with van der Waals surface area (Å²) in [6.07, 6.45) is -5.68. The molecule has 3 atom stereocenters. The second kappa shape index (κ2) is 6.35. The summed E-state index contributed by atoms with van der Waals surface area (Å²) in [5.74, 6) is -4.62. The molecule has 0 bridgehead atoms. The third-order valence-electron chi connectivity index (χ3n) is 3.77. The topological polar surface area (TPSA) is 71.4 Å². The molecule has 1 heterocycles. The number of carbonyl (C=O) groups excluding carboxylic acids is 2. The molecule has 1 fully saturated rings. The minimum atomic E-state index is -4.87. The number of carbonyl (C=O) groups is 3. The maximum Gasteiger partial charge on any atom is 0.521 e. The van der Waals surface area contributed by atoms with Crippen molar-refractivity contribution in [1.29, 1.82) is 0 Å². The molecular weight excluding hydrogens is 311 g/mol. The highest BCUT2D eigenvalue weighted by molar-refractivity contribution is 8.13. The lowest BCUT2D eigenvalue weighted by atomic mass is 10.1. The number of thioether (sulfide) groups is 1. The number of alkyl halides is 3. The minimum absolute atomic E-state index is 0.146. The molecule has 1 saturated heterocycles. The molecule has 2 amide bonds. The van der Waals surface area contributed by atoms with Gasteiger partial charge >= 0.3 is 18.2 Å². The van der Waals surface area contributed by atoms with E-state index in [4.69, 9.17) is 0 Å². The van der Waals surface area contributed by atoms with Gasteiger partial charge in [-0.1, -0.05) is 11.8 Å². The Balaban J connectivity index is 3.13. The van der Waals surface area contributed by atoms with Crippen LogP contribution in [0.5, 0.6) is 0 Å². The molecular formula is C12H17F3NO4S+. The molecule has 1 N–H and O–H groups in total. The van der Waals surface area contributed by atoms with E-state index in [1.807, 2.05) is 0 Å². The molecule has 21 heavy (non-hydrogen) atoms. The monoisotopic (exact) mass is 328 g/mol. The van der Waals surface area contributed by atoms with Crippen LogP contribution in [-0.2, 0) is 9.59 Å². The number of nitrogens with zero attached hydrogens (tertiary/aromatic N) is 1. The quantitative estimate of drug-likeness (QED) is 0.807. The van der Waals surface area contributed by atoms with E-state index in [2.05, 4.69) is 0 Å². The Morgan fingerprint density at radius 3 is 2.29 bits per heavy atom. The van der Waals surface area contributed by atoms with E-state index in [0.717, 1.165) is 6.92 Å². The predicted molar refractivity (Wildman–Crippen MR) is 69.5 cm³/mol. The van der Waals surface area contributed by atoms with Crippen LogP contribution in [0.25, 0.3) is 0 Å². The van der Waals surface area contributed by atoms with Gasteiger partial charge in [-0.15, -0.1) is 0 Å². The van der Waals surface area contributed by atoms with Crippen molar-refractivity contribution in [2.75, 3.05) is 12.3 Å². The molecule has 1 aliphatic rings. The van der Waals surface area contributed by atoms with Gasteiger partial charge in [-0.05, 0) is 6.92 Å². The number of hydrogen-bond donors (Lipinski definition) is 1. The summed E-state index contributed by atoms with van der Waals surface area (Å²) in [6.45, 7) is 2.42. The number of hydrogen-bond acceptors (Lipinski definition) is 4. The molecule has 0 aromatic heterocycles. The number of quaternary nitrogens is 1. The highest BCUT2D eigenvalue weighted by Crippen LogP contribution is 2.37. The number of rotatable bonds is 3. The first kappa shape index (κ1) is 18.0. The van der Waals surface area contributed by atoms with Crippen LogP contribution in [0.4, 0.5) is 18.0 Å². The molecule has 5 nitrogen and oxygen atoms in total. The summed E-state index contributed by atoms with van der Waals surface area (Å²) >= 11 is 0.382. The van der Waals surface area contributed by atoms with Crippen molar-refractivity contribution in [3.63, 3.8) is 0 Å². The summed E-state index contributed by atoms with van der Waals surface area (Å²) < 4.78 is 38.1. The second-order valence-electron chi connectivity index (χ2n) is 5.10. The zero-order valence-corrected chi connectivity index (χ0v) is 12.5. The standard InChI is InChI=1S/C12H16F3NO4S/c1-7-4-3-5-16(7,11(19)20)10(18)9(12(13,14)15)6-21-8(2)17/h7,9H,3-6H2,1-2H3/p+1/t7-,9?,16?/m1/s1. The normalized spacial score (nSPS) is 27.4. The zero-order valence-electron chi connectivity index (χ0n) is 11.6. The molecule has 120 valence electrons. The molecule has 0 aromatic carbocycles. The third kappa shape index (κ3) is 3.57. The van der Waals surface area contributed by atoms with E-state index in [1.54, 1.807) is 0 Å². The van der Waals surface area contributed by atoms with Crippen LogP contribution in [-0.4, -0.2) is 51.2 Å². The Hall–Kier alpha value is -1.09. The van der Waals surface area contributed by atoms with Crippen LogP contribution >= 0.6 is 11.8 Å². The fourth-order valence-electron chi connectivity index (χ4n) is 2.57. The van der Waals surface area contributed by atoms with Crippen molar-refractivity contribution in [3.8, 4) is 0 Å². The van der Waals surface area contributed by atoms with Crippen LogP contribution in [0.3, 0.4) is 0 Å². The van der Waals surface area contributed by atoms with E-state index in [9.17, 15) is 32.7 Å². The maximum atomic E-state index is 13.1. The van der Waals surface area contributed by atoms with Crippen molar-refractivity contribution in [1.82, 2.24) is 0 Å². The van der Waals surface area contributed by atoms with Gasteiger partial charge in [-0.2, -0.15) is 22.4 Å². The van der Waals surface area contributed by atoms with E-state index in [0.29, 0.717) is 24.6 Å². The van der Waals surface area contributed by atoms with Crippen molar-refractivity contribution in [2.24, 2.45) is 5.92 Å². The maximum absolute atomic E-state index is 13.1. The summed E-state index contributed by atoms with van der Waals surface area (Å²) in [6, 6.07) is -0.706. The minimum Gasteiger partial charge on any atom is -0.435 e. The molecule has 9 heteroatoms. The molecule has 0 radical (unpaired) electrons. The van der Waals surface area contributed by atoms with Gasteiger partial charge in [0.05, 0.1) is 6.54 Å². The number of carboxylic acid groups (broad SMARTS) is 1. The Kier molecular flexibility index (Phi) is 5.43. The SMILES string of the molecule is CC(=O)SCC(C(=O)[N+]1(C(=O)O)CCC[C@H]1C)C(F)(F)F. The van der Waals surface area contributed by atoms with Gasteiger partial charge < -0.3 is 5.11 Å². The highest BCUT2D eigenvalue weighted by atomic mass is 32.2. The van der Waals surface area contributed by atoms with Gasteiger partial charge in [-0.3, -0.25) is 4.79 Å². The van der Waals surface area contributed by atoms with Crippen molar-refractivity contribution in [3.05, 3.63) is 0 Å². The molecule has 2 unspecified atom stereocenters. The van der Waals surface area contributed by atoms with Crippen molar-refractivity contribution in [2.45, 2.75) is 38.9 Å². The zero-order chi connectivity index (χ0) is 16.4. The van der Waals surface area contributed by atoms with Gasteiger partial charge in [0, 0.05) is 25.5 Å². The number of imide groups is 1. The van der Waals surface area contributed by atoms with Gasteiger partial charge in [0.2, 0.25) is 0 Å². The summed E-state index contributed by atoms with van der Waals surface area (Å²) in [5.41, 5.74) is 0. The van der Waals surface area contributed by atoms with Gasteiger partial charge in [0.1, 0.15) is 6.04 Å². The molecule has 0 spiro atoms. The molecule has 1 aliphatic heterocycles. The first-order valence-corrected chi connectivity index (χ1v) is 7.37. The van der Waals surface area contributed by atoms with Crippen LogP contribution in [0.1, 0.15) is 26.7 Å². The van der Waals surface area contributed by atoms with E-state index >= 15 is 0 Å². The number of halogens is 3. The average molecular weight is 328 g/mol. The van der Waals surface area contributed by atoms with Crippen LogP contribution in [0.15, 0.2) is 0 Å². The number of likely N-dealkylation sites (tertiary alicyclic amines) is 1. The fraction of sp³-hybridized carbons (Fsp3) is 0.750. The Bertz CT molecular complexity index is 454. The largest absolute Gasteiger partial charge is 0.521 e. The van der Waals surface area contributed by atoms with E-state index in [1.165, 1.54) is 6.92 Å². The van der Waals surface area contributed by atoms with Crippen LogP contribution < -0.4 is 0 Å². The molecule has 0 aliphatic carbocycles. The first-order chi connectivity index (χ1) is 9.53. The Morgan fingerprint density at radius 2 is 1.95 bits per heavy atom. The van der Waals surface area contributed by atoms with E-state index in [-0.39, 0.29) is 6.54 Å². The van der Waals surface area contributed by atoms with Crippen molar-refractivity contribution >= 4 is 28.9 Å². The van der Waals surface area contributed by atoms with Gasteiger partial charge in [0.15, 0.2) is 11.0 Å². The summed E-state index contributed by atoms with van der Waals surface area (Å²) in [5, 5.41) is 8.76. The smallest absolute Gasteiger partial charge is 0.435 e. The predicted octanol–water partition coefficient (Wildman–Crippen LogP) is 2.65. The molecule has 0 aromatic rings. The summed E-state index contributed by atoms with van der Waals surface area (Å²) in [7, 11) is 0. The fourth-order valence-corrected chi connectivity index (χ4v) is 3.30. The molecule has 1 rings (SSSR count). The third-order valence-corrected chi connectivity index (χ3v) is 4.67. The molecule has 0 saturated carbocycles. The Labute approximate surface area is 124 Å². The van der Waals surface area contributed by atoms with Crippen LogP contribution in [0, 0.1) is 5.92 Å². The van der Waals surface area contributed by atoms with Gasteiger partial charge in [-0.25, -0.2) is 4.79 Å². The average Bonchev–Trinajstić information content (AvgIpc) is 2.69. The van der Waals surface area contributed by atoms with Gasteiger partial charge in [0.25, 0.3) is 0 Å². The van der Waals surface area contributed by atoms with Crippen LogP contribution in [0.2, 0.25) is 0 Å². The highest BCUT2D eigenvalue weighted by Gasteiger charge is 2.60. The summed E-state index contributed by atoms with van der Waals surface area (Å²) in [4.78, 5) is 34.6. The number of amides is 2. The Morgan fingerprint density at radius 1 is 1.38 bits per heavy atom. The lowest BCUT2D eigenvalue weighted by Gasteiger charge is -2.33. The van der Waals surface area contributed by atoms with Crippen molar-refractivity contribution < 1.29 is 37.1 Å². The first-order valence-electron chi connectivity index (χ1n) is 6.39. The lowest BCUT2D eigenvalue weighted by molar-refractivity contribution is -0.794. The second-order valence-corrected chi connectivity index (χ2v) is 6.30. The van der Waals surface area contributed by atoms with E-state index < -0.39 is 45.5 Å².